The molecule has 1 fully saturated rings. The molecule has 3 rings (SSSR count). The molecule has 0 aliphatic carbocycles. The van der Waals surface area contributed by atoms with Crippen LogP contribution in [0.1, 0.15) is 6.42 Å². The second-order valence-electron chi connectivity index (χ2n) is 5.82. The van der Waals surface area contributed by atoms with Crippen LogP contribution in [0, 0.1) is 5.82 Å². The summed E-state index contributed by atoms with van der Waals surface area (Å²) in [5.74, 6) is -0.493. The highest BCUT2D eigenvalue weighted by Crippen LogP contribution is 2.29. The molecule has 27 heavy (non-hydrogen) atoms. The van der Waals surface area contributed by atoms with Crippen LogP contribution in [0.25, 0.3) is 0 Å². The Morgan fingerprint density at radius 2 is 1.96 bits per heavy atom. The van der Waals surface area contributed by atoms with E-state index in [0.29, 0.717) is 16.6 Å². The zero-order chi connectivity index (χ0) is 19.4. The number of anilines is 1. The van der Waals surface area contributed by atoms with E-state index in [2.05, 4.69) is 10.3 Å². The number of rotatable bonds is 4. The molecular formula is C19H18FN3O3S. The lowest BCUT2D eigenvalue weighted by molar-refractivity contribution is -0.128. The van der Waals surface area contributed by atoms with Crippen molar-refractivity contribution in [3.63, 3.8) is 0 Å². The van der Waals surface area contributed by atoms with Crippen molar-refractivity contribution in [2.75, 3.05) is 19.5 Å². The number of carbonyl (C=O) groups is 2. The van der Waals surface area contributed by atoms with Gasteiger partial charge < -0.3 is 10.1 Å². The van der Waals surface area contributed by atoms with Gasteiger partial charge in [0, 0.05) is 13.5 Å². The molecule has 2 aromatic carbocycles. The average molecular weight is 387 g/mol. The van der Waals surface area contributed by atoms with Gasteiger partial charge in [0.25, 0.3) is 0 Å². The van der Waals surface area contributed by atoms with Crippen LogP contribution in [0.5, 0.6) is 5.75 Å². The summed E-state index contributed by atoms with van der Waals surface area (Å²) in [6, 6.07) is 12.9. The Bertz CT molecular complexity index is 886. The molecule has 6 nitrogen and oxygen atoms in total. The molecule has 1 saturated heterocycles. The molecule has 0 saturated carbocycles. The number of halogens is 1. The lowest BCUT2D eigenvalue weighted by Gasteiger charge is -2.28. The van der Waals surface area contributed by atoms with E-state index in [1.165, 1.54) is 28.8 Å². The minimum Gasteiger partial charge on any atom is -0.497 e. The monoisotopic (exact) mass is 387 g/mol. The Hall–Kier alpha value is -2.87. The highest BCUT2D eigenvalue weighted by molar-refractivity contribution is 8.15. The maximum absolute atomic E-state index is 13.8. The number of benzene rings is 2. The highest BCUT2D eigenvalue weighted by atomic mass is 32.2. The van der Waals surface area contributed by atoms with Gasteiger partial charge in [0.1, 0.15) is 16.8 Å². The first-order valence-corrected chi connectivity index (χ1v) is 9.07. The van der Waals surface area contributed by atoms with E-state index < -0.39 is 17.0 Å². The lowest BCUT2D eigenvalue weighted by Crippen LogP contribution is -2.43. The number of nitrogens with zero attached hydrogens (tertiary/aromatic N) is 2. The van der Waals surface area contributed by atoms with Crippen LogP contribution in [0.3, 0.4) is 0 Å². The Morgan fingerprint density at radius 1 is 1.26 bits per heavy atom. The molecule has 0 bridgehead atoms. The van der Waals surface area contributed by atoms with Crippen molar-refractivity contribution < 1.29 is 18.7 Å². The third kappa shape index (κ3) is 4.46. The van der Waals surface area contributed by atoms with Crippen molar-refractivity contribution in [3.8, 4) is 5.75 Å². The van der Waals surface area contributed by atoms with Crippen molar-refractivity contribution in [1.29, 1.82) is 0 Å². The predicted molar refractivity (Wildman–Crippen MR) is 104 cm³/mol. The first-order valence-electron chi connectivity index (χ1n) is 8.19. The molecule has 0 radical (unpaired) electrons. The second-order valence-corrected chi connectivity index (χ2v) is 6.99. The van der Waals surface area contributed by atoms with Crippen LogP contribution in [-0.2, 0) is 9.59 Å². The number of hydrogen-bond acceptors (Lipinski definition) is 5. The van der Waals surface area contributed by atoms with Gasteiger partial charge in [-0.15, -0.1) is 0 Å². The fourth-order valence-corrected chi connectivity index (χ4v) is 3.51. The van der Waals surface area contributed by atoms with Crippen LogP contribution in [0.4, 0.5) is 15.8 Å². The number of amides is 2. The third-order valence-corrected chi connectivity index (χ3v) is 5.23. The average Bonchev–Trinajstić information content (AvgIpc) is 2.67. The number of ether oxygens (including phenoxy) is 1. The number of aliphatic imine (C=N–C) groups is 1. The first-order chi connectivity index (χ1) is 13.0. The van der Waals surface area contributed by atoms with Crippen LogP contribution in [-0.4, -0.2) is 41.3 Å². The number of hydrogen-bond donors (Lipinski definition) is 1. The predicted octanol–water partition coefficient (Wildman–Crippen LogP) is 3.42. The van der Waals surface area contributed by atoms with Crippen LogP contribution < -0.4 is 10.1 Å². The fourth-order valence-electron chi connectivity index (χ4n) is 2.44. The van der Waals surface area contributed by atoms with E-state index >= 15 is 0 Å². The Balaban J connectivity index is 1.78. The minimum atomic E-state index is -0.690. The molecule has 0 aromatic heterocycles. The highest BCUT2D eigenvalue weighted by Gasteiger charge is 2.34. The Morgan fingerprint density at radius 3 is 2.63 bits per heavy atom. The molecule has 8 heteroatoms. The standard InChI is InChI=1S/C19H18FN3O3S/c1-23-17(24)11-16(18(25)22-15-6-4-3-5-14(15)20)27-19(23)21-12-7-9-13(26-2)10-8-12/h3-10,16H,11H2,1-2H3,(H,22,25)/t16-/m1/s1. The summed E-state index contributed by atoms with van der Waals surface area (Å²) < 4.78 is 18.9. The molecule has 1 aliphatic rings. The topological polar surface area (TPSA) is 71.0 Å². The fraction of sp³-hybridized carbons (Fsp3) is 0.211. The van der Waals surface area contributed by atoms with Gasteiger partial charge in [0.2, 0.25) is 11.8 Å². The van der Waals surface area contributed by atoms with Gasteiger partial charge in [-0.05, 0) is 36.4 Å². The number of carbonyl (C=O) groups excluding carboxylic acids is 2. The van der Waals surface area contributed by atoms with Crippen molar-refractivity contribution in [2.24, 2.45) is 4.99 Å². The van der Waals surface area contributed by atoms with E-state index in [-0.39, 0.29) is 18.0 Å². The summed E-state index contributed by atoms with van der Waals surface area (Å²) >= 11 is 1.17. The number of methoxy groups -OCH3 is 1. The summed E-state index contributed by atoms with van der Waals surface area (Å²) in [5, 5.41) is 2.26. The molecule has 1 heterocycles. The van der Waals surface area contributed by atoms with Crippen molar-refractivity contribution in [1.82, 2.24) is 4.90 Å². The van der Waals surface area contributed by atoms with Gasteiger partial charge in [-0.3, -0.25) is 14.5 Å². The Kier molecular flexibility index (Phi) is 5.75. The number of para-hydroxylation sites is 1. The van der Waals surface area contributed by atoms with E-state index in [1.807, 2.05) is 0 Å². The third-order valence-electron chi connectivity index (χ3n) is 3.99. The maximum Gasteiger partial charge on any atom is 0.238 e. The maximum atomic E-state index is 13.8. The van der Waals surface area contributed by atoms with E-state index in [0.717, 1.165) is 0 Å². The van der Waals surface area contributed by atoms with Crippen LogP contribution in [0.15, 0.2) is 53.5 Å². The smallest absolute Gasteiger partial charge is 0.238 e. The summed E-state index contributed by atoms with van der Waals surface area (Å²) in [6.07, 6.45) is 0.0169. The minimum absolute atomic E-state index is 0.0169. The molecule has 2 aromatic rings. The van der Waals surface area contributed by atoms with Crippen molar-refractivity contribution in [2.45, 2.75) is 11.7 Å². The second kappa shape index (κ2) is 8.22. The normalized spacial score (nSPS) is 18.5. The number of amidine groups is 1. The summed E-state index contributed by atoms with van der Waals surface area (Å²) in [5.41, 5.74) is 0.719. The van der Waals surface area contributed by atoms with E-state index in [1.54, 1.807) is 50.6 Å². The van der Waals surface area contributed by atoms with Gasteiger partial charge >= 0.3 is 0 Å². The van der Waals surface area contributed by atoms with Gasteiger partial charge in [0.15, 0.2) is 5.17 Å². The zero-order valence-corrected chi connectivity index (χ0v) is 15.6. The van der Waals surface area contributed by atoms with Gasteiger partial charge in [-0.2, -0.15) is 0 Å². The van der Waals surface area contributed by atoms with Gasteiger partial charge in [0.05, 0.1) is 18.5 Å². The summed E-state index contributed by atoms with van der Waals surface area (Å²) in [6.45, 7) is 0. The molecular weight excluding hydrogens is 369 g/mol. The largest absolute Gasteiger partial charge is 0.497 e. The van der Waals surface area contributed by atoms with E-state index in [4.69, 9.17) is 4.74 Å². The number of nitrogens with one attached hydrogen (secondary N) is 1. The van der Waals surface area contributed by atoms with Gasteiger partial charge in [-0.25, -0.2) is 9.38 Å². The molecule has 0 spiro atoms. The van der Waals surface area contributed by atoms with Crippen molar-refractivity contribution >= 4 is 40.1 Å². The Labute approximate surface area is 160 Å². The van der Waals surface area contributed by atoms with Crippen LogP contribution >= 0.6 is 11.8 Å². The summed E-state index contributed by atoms with van der Waals surface area (Å²) in [7, 11) is 3.19. The lowest BCUT2D eigenvalue weighted by atomic mass is 10.2. The molecule has 2 amide bonds. The van der Waals surface area contributed by atoms with E-state index in [9.17, 15) is 14.0 Å². The molecule has 1 atom stereocenters. The zero-order valence-electron chi connectivity index (χ0n) is 14.8. The first kappa shape index (κ1) is 18.9. The summed E-state index contributed by atoms with van der Waals surface area (Å²) in [4.78, 5) is 30.7. The number of thioether (sulfide) groups is 1. The molecule has 140 valence electrons. The SMILES string of the molecule is COc1ccc(N=C2S[C@@H](C(=O)Nc3ccccc3F)CC(=O)N2C)cc1. The quantitative estimate of drug-likeness (QED) is 0.873. The molecule has 0 unspecified atom stereocenters. The molecule has 1 aliphatic heterocycles. The van der Waals surface area contributed by atoms with Crippen molar-refractivity contribution in [3.05, 3.63) is 54.3 Å². The van der Waals surface area contributed by atoms with Crippen LogP contribution in [0.2, 0.25) is 0 Å². The van der Waals surface area contributed by atoms with Gasteiger partial charge in [-0.1, -0.05) is 23.9 Å². The molecule has 1 N–H and O–H groups in total.